The molecule has 17 heavy (non-hydrogen) atoms. The molecule has 0 bridgehead atoms. The lowest BCUT2D eigenvalue weighted by Crippen LogP contribution is -2.23. The summed E-state index contributed by atoms with van der Waals surface area (Å²) in [7, 11) is -2.84. The number of benzene rings is 1. The summed E-state index contributed by atoms with van der Waals surface area (Å²) in [4.78, 5) is 0. The monoisotopic (exact) mass is 255 g/mol. The molecule has 0 aromatic heterocycles. The van der Waals surface area contributed by atoms with Crippen LogP contribution in [0.3, 0.4) is 0 Å². The van der Waals surface area contributed by atoms with Crippen LogP contribution in [-0.4, -0.2) is 24.1 Å². The van der Waals surface area contributed by atoms with Crippen molar-refractivity contribution in [1.82, 2.24) is 4.67 Å². The summed E-state index contributed by atoms with van der Waals surface area (Å²) in [5.74, 6) is 0.775. The second kappa shape index (κ2) is 5.21. The number of nitrogens with zero attached hydrogens (tertiary/aromatic N) is 1. The van der Waals surface area contributed by atoms with E-state index in [1.807, 2.05) is 42.8 Å². The van der Waals surface area contributed by atoms with Gasteiger partial charge in [0.05, 0.1) is 6.61 Å². The van der Waals surface area contributed by atoms with Gasteiger partial charge in [-0.25, -0.2) is 4.67 Å². The summed E-state index contributed by atoms with van der Waals surface area (Å²) >= 11 is 0. The van der Waals surface area contributed by atoms with Gasteiger partial charge in [-0.05, 0) is 6.07 Å². The molecule has 2 rings (SSSR count). The SMILES string of the molecule is CCN(CC)P1(=O)COc2ccccc2CO1. The van der Waals surface area contributed by atoms with Crippen LogP contribution < -0.4 is 4.74 Å². The van der Waals surface area contributed by atoms with E-state index in [1.54, 1.807) is 0 Å². The average molecular weight is 255 g/mol. The predicted octanol–water partition coefficient (Wildman–Crippen LogP) is 3.09. The van der Waals surface area contributed by atoms with E-state index in [4.69, 9.17) is 9.26 Å². The van der Waals surface area contributed by atoms with E-state index in [1.165, 1.54) is 0 Å². The van der Waals surface area contributed by atoms with Gasteiger partial charge in [-0.1, -0.05) is 32.0 Å². The van der Waals surface area contributed by atoms with E-state index < -0.39 is 7.52 Å². The largest absolute Gasteiger partial charge is 0.482 e. The van der Waals surface area contributed by atoms with Gasteiger partial charge >= 0.3 is 7.52 Å². The molecule has 0 saturated carbocycles. The molecule has 1 atom stereocenters. The number of rotatable bonds is 3. The van der Waals surface area contributed by atoms with Gasteiger partial charge in [-0.3, -0.25) is 4.57 Å². The van der Waals surface area contributed by atoms with Gasteiger partial charge in [-0.2, -0.15) is 0 Å². The van der Waals surface area contributed by atoms with Crippen LogP contribution in [0.25, 0.3) is 0 Å². The van der Waals surface area contributed by atoms with Crippen LogP contribution >= 0.6 is 7.52 Å². The third-order valence-electron chi connectivity index (χ3n) is 2.94. The number of hydrogen-bond acceptors (Lipinski definition) is 3. The van der Waals surface area contributed by atoms with Gasteiger partial charge in [0.25, 0.3) is 0 Å². The summed E-state index contributed by atoms with van der Waals surface area (Å²) in [5, 5.41) is 0. The van der Waals surface area contributed by atoms with Crippen molar-refractivity contribution in [3.63, 3.8) is 0 Å². The minimum atomic E-state index is -2.84. The highest BCUT2D eigenvalue weighted by Crippen LogP contribution is 2.53. The summed E-state index contributed by atoms with van der Waals surface area (Å²) < 4.78 is 25.7. The second-order valence-electron chi connectivity index (χ2n) is 3.93. The molecule has 0 spiro atoms. The Morgan fingerprint density at radius 1 is 1.29 bits per heavy atom. The number of para-hydroxylation sites is 1. The van der Waals surface area contributed by atoms with Gasteiger partial charge in [0, 0.05) is 18.7 Å². The molecular formula is C12H18NO3P. The lowest BCUT2D eigenvalue weighted by atomic mass is 10.2. The lowest BCUT2D eigenvalue weighted by Gasteiger charge is -2.27. The van der Waals surface area contributed by atoms with Crippen LogP contribution in [0.5, 0.6) is 5.75 Å². The zero-order chi connectivity index (χ0) is 12.3. The van der Waals surface area contributed by atoms with E-state index >= 15 is 0 Å². The van der Waals surface area contributed by atoms with Crippen molar-refractivity contribution in [3.8, 4) is 5.75 Å². The van der Waals surface area contributed by atoms with E-state index in [2.05, 4.69) is 0 Å². The zero-order valence-electron chi connectivity index (χ0n) is 10.3. The molecule has 1 unspecified atom stereocenters. The molecule has 0 N–H and O–H groups in total. The van der Waals surface area contributed by atoms with E-state index in [9.17, 15) is 4.57 Å². The predicted molar refractivity (Wildman–Crippen MR) is 67.3 cm³/mol. The molecule has 0 amide bonds. The Labute approximate surface area is 102 Å². The summed E-state index contributed by atoms with van der Waals surface area (Å²) in [6.07, 6.45) is 0.131. The quantitative estimate of drug-likeness (QED) is 0.778. The Balaban J connectivity index is 2.21. The first-order valence-corrected chi connectivity index (χ1v) is 7.65. The number of hydrogen-bond donors (Lipinski definition) is 0. The van der Waals surface area contributed by atoms with Crippen molar-refractivity contribution in [1.29, 1.82) is 0 Å². The average Bonchev–Trinajstić information content (AvgIpc) is 2.52. The Morgan fingerprint density at radius 2 is 2.00 bits per heavy atom. The topological polar surface area (TPSA) is 38.8 Å². The van der Waals surface area contributed by atoms with E-state index in [0.717, 1.165) is 11.3 Å². The smallest absolute Gasteiger partial charge is 0.309 e. The van der Waals surface area contributed by atoms with Crippen molar-refractivity contribution in [2.45, 2.75) is 20.5 Å². The van der Waals surface area contributed by atoms with Crippen molar-refractivity contribution in [2.75, 3.05) is 19.4 Å². The van der Waals surface area contributed by atoms with E-state index in [0.29, 0.717) is 19.7 Å². The van der Waals surface area contributed by atoms with Crippen molar-refractivity contribution >= 4 is 7.52 Å². The maximum absolute atomic E-state index is 12.7. The molecule has 1 heterocycles. The fourth-order valence-corrected chi connectivity index (χ4v) is 3.85. The number of ether oxygens (including phenoxy) is 1. The van der Waals surface area contributed by atoms with Crippen LogP contribution in [0, 0.1) is 0 Å². The Kier molecular flexibility index (Phi) is 3.87. The third-order valence-corrected chi connectivity index (χ3v) is 5.35. The molecule has 1 aromatic carbocycles. The third kappa shape index (κ3) is 2.54. The molecule has 1 aliphatic rings. The maximum Gasteiger partial charge on any atom is 0.309 e. The minimum absolute atomic E-state index is 0.131. The van der Waals surface area contributed by atoms with Gasteiger partial charge in [0.1, 0.15) is 5.75 Å². The highest BCUT2D eigenvalue weighted by Gasteiger charge is 2.33. The highest BCUT2D eigenvalue weighted by molar-refractivity contribution is 7.56. The molecule has 1 aliphatic heterocycles. The molecule has 0 radical (unpaired) electrons. The second-order valence-corrected chi connectivity index (χ2v) is 6.29. The molecule has 4 nitrogen and oxygen atoms in total. The van der Waals surface area contributed by atoms with Gasteiger partial charge in [-0.15, -0.1) is 0 Å². The molecule has 5 heteroatoms. The fraction of sp³-hybridized carbons (Fsp3) is 0.500. The van der Waals surface area contributed by atoms with Gasteiger partial charge in [0.15, 0.2) is 6.35 Å². The maximum atomic E-state index is 12.7. The van der Waals surface area contributed by atoms with Gasteiger partial charge in [0.2, 0.25) is 0 Å². The van der Waals surface area contributed by atoms with Crippen LogP contribution in [0.2, 0.25) is 0 Å². The highest BCUT2D eigenvalue weighted by atomic mass is 31.2. The van der Waals surface area contributed by atoms with Gasteiger partial charge < -0.3 is 9.26 Å². The first-order chi connectivity index (χ1) is 8.19. The molecular weight excluding hydrogens is 237 g/mol. The minimum Gasteiger partial charge on any atom is -0.482 e. The first-order valence-electron chi connectivity index (χ1n) is 5.89. The van der Waals surface area contributed by atoms with Crippen LogP contribution in [0.4, 0.5) is 0 Å². The standard InChI is InChI=1S/C12H18NO3P/c1-3-13(4-2)17(14)10-15-12-8-6-5-7-11(12)9-16-17/h5-8H,3-4,9-10H2,1-2H3. The van der Waals surface area contributed by atoms with Crippen LogP contribution in [0.1, 0.15) is 19.4 Å². The molecule has 0 aliphatic carbocycles. The first kappa shape index (κ1) is 12.6. The Bertz CT molecular complexity index is 401. The van der Waals surface area contributed by atoms with Crippen LogP contribution in [-0.2, 0) is 15.7 Å². The number of fused-ring (bicyclic) bond motifs is 1. The molecule has 94 valence electrons. The molecule has 0 saturated heterocycles. The molecule has 0 fully saturated rings. The molecule has 1 aromatic rings. The summed E-state index contributed by atoms with van der Waals surface area (Å²) in [5.41, 5.74) is 0.956. The zero-order valence-corrected chi connectivity index (χ0v) is 11.2. The van der Waals surface area contributed by atoms with Crippen LogP contribution in [0.15, 0.2) is 24.3 Å². The lowest BCUT2D eigenvalue weighted by molar-refractivity contribution is 0.247. The Morgan fingerprint density at radius 3 is 2.71 bits per heavy atom. The summed E-state index contributed by atoms with van der Waals surface area (Å²) in [6.45, 7) is 5.71. The van der Waals surface area contributed by atoms with Crippen molar-refractivity contribution in [2.24, 2.45) is 0 Å². The summed E-state index contributed by atoms with van der Waals surface area (Å²) in [6, 6.07) is 7.66. The van der Waals surface area contributed by atoms with E-state index in [-0.39, 0.29) is 6.35 Å². The Hall–Kier alpha value is -0.830. The normalized spacial score (nSPS) is 23.9. The fourth-order valence-electron chi connectivity index (χ4n) is 1.94. The van der Waals surface area contributed by atoms with Crippen molar-refractivity contribution < 1.29 is 13.8 Å². The van der Waals surface area contributed by atoms with Crippen molar-refractivity contribution in [3.05, 3.63) is 29.8 Å².